The van der Waals surface area contributed by atoms with Crippen LogP contribution in [0, 0.1) is 13.8 Å². The van der Waals surface area contributed by atoms with Crippen molar-refractivity contribution in [2.75, 3.05) is 31.6 Å². The third-order valence-electron chi connectivity index (χ3n) is 8.15. The van der Waals surface area contributed by atoms with E-state index < -0.39 is 5.97 Å². The zero-order valence-corrected chi connectivity index (χ0v) is 26.6. The van der Waals surface area contributed by atoms with Gasteiger partial charge in [-0.3, -0.25) is 19.3 Å². The molecule has 5 rings (SSSR count). The van der Waals surface area contributed by atoms with E-state index in [1.54, 1.807) is 7.05 Å². The summed E-state index contributed by atoms with van der Waals surface area (Å²) in [5, 5.41) is 19.3. The van der Waals surface area contributed by atoms with E-state index in [1.165, 1.54) is 16.1 Å². The van der Waals surface area contributed by atoms with Crippen LogP contribution in [0.2, 0.25) is 0 Å². The maximum Gasteiger partial charge on any atom is 0.324 e. The van der Waals surface area contributed by atoms with Crippen LogP contribution in [0.5, 0.6) is 5.75 Å². The summed E-state index contributed by atoms with van der Waals surface area (Å²) in [5.41, 5.74) is 8.26. The number of anilines is 1. The quantitative estimate of drug-likeness (QED) is 0.0937. The summed E-state index contributed by atoms with van der Waals surface area (Å²) in [7, 11) is 1.58. The van der Waals surface area contributed by atoms with E-state index in [1.807, 2.05) is 70.5 Å². The Hall–Kier alpha value is -5.25. The van der Waals surface area contributed by atoms with Crippen LogP contribution in [0.3, 0.4) is 0 Å². The van der Waals surface area contributed by atoms with Crippen molar-refractivity contribution in [1.29, 1.82) is 0 Å². The van der Waals surface area contributed by atoms with Crippen molar-refractivity contribution in [3.63, 3.8) is 0 Å². The van der Waals surface area contributed by atoms with E-state index in [0.717, 1.165) is 52.1 Å². The molecule has 0 atom stereocenters. The topological polar surface area (TPSA) is 113 Å². The molecule has 0 spiro atoms. The highest BCUT2D eigenvalue weighted by Crippen LogP contribution is 2.36. The number of fused-ring (bicyclic) bond motifs is 1. The summed E-state index contributed by atoms with van der Waals surface area (Å²) in [6, 6.07) is 19.9. The number of amidine groups is 1. The molecule has 1 amide bonds. The van der Waals surface area contributed by atoms with Crippen molar-refractivity contribution < 1.29 is 19.4 Å². The average Bonchev–Trinajstić information content (AvgIpc) is 3.51. The molecule has 0 aliphatic carbocycles. The molecular formula is C36H40N6O4. The maximum absolute atomic E-state index is 13.4. The van der Waals surface area contributed by atoms with Crippen molar-refractivity contribution in [1.82, 2.24) is 14.8 Å². The molecule has 10 heteroatoms. The van der Waals surface area contributed by atoms with Crippen LogP contribution in [0.25, 0.3) is 11.1 Å². The Bertz CT molecular complexity index is 1760. The first-order chi connectivity index (χ1) is 22.2. The summed E-state index contributed by atoms with van der Waals surface area (Å²) >= 11 is 0. The van der Waals surface area contributed by atoms with Crippen LogP contribution in [0.4, 0.5) is 5.69 Å². The highest BCUT2D eigenvalue weighted by molar-refractivity contribution is 6.01. The molecular weight excluding hydrogens is 580 g/mol. The molecule has 0 saturated carbocycles. The smallest absolute Gasteiger partial charge is 0.324 e. The SMILES string of the molecule is C=N/C(=N\N(C)CC(=O)O)c1cccc(Cn2cc(-c3cccc4c3CCCN4C(=O)CCCOc3cccc(C)c3C)cn2)c1. The molecule has 0 saturated heterocycles. The number of aryl methyl sites for hydroxylation is 1. The van der Waals surface area contributed by atoms with Crippen molar-refractivity contribution >= 4 is 30.1 Å². The minimum Gasteiger partial charge on any atom is -0.493 e. The number of carbonyl (C=O) groups is 2. The molecule has 1 aliphatic heterocycles. The Balaban J connectivity index is 1.26. The molecule has 10 nitrogen and oxygen atoms in total. The fourth-order valence-electron chi connectivity index (χ4n) is 5.73. The third-order valence-corrected chi connectivity index (χ3v) is 8.15. The number of rotatable bonds is 12. The van der Waals surface area contributed by atoms with Crippen molar-refractivity contribution in [3.05, 3.63) is 101 Å². The van der Waals surface area contributed by atoms with Gasteiger partial charge in [-0.05, 0) is 85.8 Å². The first kappa shape index (κ1) is 32.2. The Morgan fingerprint density at radius 2 is 1.91 bits per heavy atom. The van der Waals surface area contributed by atoms with Gasteiger partial charge in [-0.1, -0.05) is 42.5 Å². The van der Waals surface area contributed by atoms with Crippen LogP contribution >= 0.6 is 0 Å². The predicted molar refractivity (Wildman–Crippen MR) is 181 cm³/mol. The summed E-state index contributed by atoms with van der Waals surface area (Å²) in [5.74, 6) is 0.355. The van der Waals surface area contributed by atoms with Gasteiger partial charge in [0.1, 0.15) is 12.3 Å². The molecule has 0 unspecified atom stereocenters. The first-order valence-corrected chi connectivity index (χ1v) is 15.4. The van der Waals surface area contributed by atoms with Gasteiger partial charge in [-0.25, -0.2) is 4.99 Å². The van der Waals surface area contributed by atoms with Gasteiger partial charge in [0, 0.05) is 43.0 Å². The highest BCUT2D eigenvalue weighted by atomic mass is 16.5. The number of aliphatic carboxylic acids is 1. The minimum absolute atomic E-state index is 0.115. The van der Waals surface area contributed by atoms with E-state index >= 15 is 0 Å². The molecule has 2 heterocycles. The molecule has 0 radical (unpaired) electrons. The van der Waals surface area contributed by atoms with Crippen molar-refractivity contribution in [3.8, 4) is 16.9 Å². The molecule has 4 aromatic rings. The number of aliphatic imine (C=N–C) groups is 1. The standard InChI is InChI=1S/C36H40N6O4/c1-25-10-5-16-33(26(25)2)46-19-9-17-34(43)42-18-8-14-31-30(13-7-15-32(31)42)29-21-38-41(23-29)22-27-11-6-12-28(20-27)36(37-3)39-40(4)24-35(44)45/h5-7,10-13,15-16,20-21,23H,3,8-9,14,17-19,22,24H2,1-2,4H3,(H,44,45)/b39-36-. The van der Waals surface area contributed by atoms with Gasteiger partial charge in [0.15, 0.2) is 5.84 Å². The summed E-state index contributed by atoms with van der Waals surface area (Å²) < 4.78 is 7.86. The zero-order valence-electron chi connectivity index (χ0n) is 26.6. The molecule has 3 aromatic carbocycles. The van der Waals surface area contributed by atoms with Gasteiger partial charge < -0.3 is 14.7 Å². The van der Waals surface area contributed by atoms with E-state index in [9.17, 15) is 9.59 Å². The molecule has 1 aromatic heterocycles. The lowest BCUT2D eigenvalue weighted by Gasteiger charge is -2.31. The van der Waals surface area contributed by atoms with Gasteiger partial charge in [0.25, 0.3) is 0 Å². The number of benzene rings is 3. The van der Waals surface area contributed by atoms with Crippen molar-refractivity contribution in [2.45, 2.75) is 46.1 Å². The number of hydrogen-bond donors (Lipinski definition) is 1. The fourth-order valence-corrected chi connectivity index (χ4v) is 5.73. The van der Waals surface area contributed by atoms with E-state index in [0.29, 0.717) is 38.4 Å². The summed E-state index contributed by atoms with van der Waals surface area (Å²) in [6.45, 7) is 9.21. The molecule has 0 bridgehead atoms. The third kappa shape index (κ3) is 7.69. The Morgan fingerprint density at radius 3 is 2.72 bits per heavy atom. The number of nitrogens with zero attached hydrogens (tertiary/aromatic N) is 6. The number of ether oxygens (including phenoxy) is 1. The van der Waals surface area contributed by atoms with Gasteiger partial charge in [0.05, 0.1) is 19.3 Å². The van der Waals surface area contributed by atoms with E-state index in [4.69, 9.17) is 9.84 Å². The van der Waals surface area contributed by atoms with Crippen LogP contribution in [0.15, 0.2) is 83.2 Å². The summed E-state index contributed by atoms with van der Waals surface area (Å²) in [6.07, 6.45) is 6.76. The normalized spacial score (nSPS) is 12.8. The number of likely N-dealkylation sites (N-methyl/N-ethyl adjacent to an activating group) is 1. The van der Waals surface area contributed by atoms with Gasteiger partial charge in [0.2, 0.25) is 5.91 Å². The number of carbonyl (C=O) groups excluding carboxylic acids is 1. The highest BCUT2D eigenvalue weighted by Gasteiger charge is 2.25. The number of carboxylic acids is 1. The van der Waals surface area contributed by atoms with Crippen LogP contribution < -0.4 is 9.64 Å². The van der Waals surface area contributed by atoms with Crippen LogP contribution in [-0.2, 0) is 22.6 Å². The maximum atomic E-state index is 13.4. The number of amides is 1. The molecule has 46 heavy (non-hydrogen) atoms. The number of hydrazone groups is 1. The van der Waals surface area contributed by atoms with Gasteiger partial charge in [-0.15, -0.1) is 0 Å². The Morgan fingerprint density at radius 1 is 1.11 bits per heavy atom. The van der Waals surface area contributed by atoms with E-state index in [-0.39, 0.29) is 12.5 Å². The minimum atomic E-state index is -0.980. The lowest BCUT2D eigenvalue weighted by atomic mass is 9.93. The fraction of sp³-hybridized carbons (Fsp3) is 0.306. The number of carboxylic acid groups (broad SMARTS) is 1. The Labute approximate surface area is 269 Å². The van der Waals surface area contributed by atoms with Gasteiger partial charge >= 0.3 is 5.97 Å². The number of aromatic nitrogens is 2. The van der Waals surface area contributed by atoms with Crippen LogP contribution in [-0.4, -0.2) is 71.1 Å². The molecule has 1 N–H and O–H groups in total. The van der Waals surface area contributed by atoms with E-state index in [2.05, 4.69) is 47.9 Å². The largest absolute Gasteiger partial charge is 0.493 e. The zero-order chi connectivity index (χ0) is 32.6. The Kier molecular flexibility index (Phi) is 10.3. The second kappa shape index (κ2) is 14.7. The first-order valence-electron chi connectivity index (χ1n) is 15.4. The van der Waals surface area contributed by atoms with Crippen LogP contribution in [0.1, 0.15) is 47.1 Å². The lowest BCUT2D eigenvalue weighted by Crippen LogP contribution is -2.35. The second-order valence-electron chi connectivity index (χ2n) is 11.5. The molecule has 1 aliphatic rings. The predicted octanol–water partition coefficient (Wildman–Crippen LogP) is 5.73. The molecule has 0 fully saturated rings. The van der Waals surface area contributed by atoms with Gasteiger partial charge in [-0.2, -0.15) is 10.2 Å². The monoisotopic (exact) mass is 620 g/mol. The molecule has 238 valence electrons. The average molecular weight is 621 g/mol. The lowest BCUT2D eigenvalue weighted by molar-refractivity contribution is -0.138. The second-order valence-corrected chi connectivity index (χ2v) is 11.5. The van der Waals surface area contributed by atoms with Crippen molar-refractivity contribution in [2.24, 2.45) is 10.1 Å². The number of hydrogen-bond acceptors (Lipinski definition) is 6. The summed E-state index contributed by atoms with van der Waals surface area (Å²) in [4.78, 5) is 30.3.